The average Bonchev–Trinajstić information content (AvgIpc) is 3.30. The minimum absolute atomic E-state index is 0.313. The van der Waals surface area contributed by atoms with Gasteiger partial charge in [-0.15, -0.1) is 11.3 Å². The molecule has 0 atom stereocenters. The molecule has 5 rings (SSSR count). The quantitative estimate of drug-likeness (QED) is 0.567. The van der Waals surface area contributed by atoms with Crippen LogP contribution in [0.15, 0.2) is 24.4 Å². The fourth-order valence-corrected chi connectivity index (χ4v) is 4.94. The molecule has 1 N–H and O–H groups in total. The Hall–Kier alpha value is -2.58. The van der Waals surface area contributed by atoms with Gasteiger partial charge in [-0.25, -0.2) is 18.9 Å². The smallest absolute Gasteiger partial charge is 0.196 e. The van der Waals surface area contributed by atoms with Gasteiger partial charge in [-0.2, -0.15) is 5.10 Å². The second-order valence-corrected chi connectivity index (χ2v) is 8.19. The molecule has 0 aliphatic carbocycles. The van der Waals surface area contributed by atoms with E-state index in [9.17, 15) is 4.39 Å². The van der Waals surface area contributed by atoms with Crippen molar-refractivity contribution >= 4 is 27.2 Å². The number of nitrogens with zero attached hydrogens (tertiary/aromatic N) is 4. The van der Waals surface area contributed by atoms with Gasteiger partial charge in [0.1, 0.15) is 5.52 Å². The van der Waals surface area contributed by atoms with Crippen LogP contribution < -0.4 is 10.1 Å². The molecule has 6 nitrogen and oxygen atoms in total. The lowest BCUT2D eigenvalue weighted by atomic mass is 9.99. The highest BCUT2D eigenvalue weighted by Crippen LogP contribution is 2.36. The molecule has 0 radical (unpaired) electrons. The number of imidazole rings is 1. The number of fused-ring (bicyclic) bond motifs is 2. The highest BCUT2D eigenvalue weighted by molar-refractivity contribution is 7.18. The number of methoxy groups -OCH3 is 1. The molecule has 0 bridgehead atoms. The first-order valence-corrected chi connectivity index (χ1v) is 10.2. The van der Waals surface area contributed by atoms with Gasteiger partial charge in [-0.3, -0.25) is 0 Å². The minimum Gasteiger partial charge on any atom is -0.493 e. The molecule has 0 spiro atoms. The van der Waals surface area contributed by atoms with Gasteiger partial charge >= 0.3 is 0 Å². The van der Waals surface area contributed by atoms with Gasteiger partial charge in [0.2, 0.25) is 0 Å². The van der Waals surface area contributed by atoms with Crippen LogP contribution in [0.2, 0.25) is 0 Å². The van der Waals surface area contributed by atoms with Gasteiger partial charge in [0.25, 0.3) is 0 Å². The van der Waals surface area contributed by atoms with Crippen molar-refractivity contribution in [1.82, 2.24) is 24.9 Å². The van der Waals surface area contributed by atoms with E-state index in [2.05, 4.69) is 20.4 Å². The number of halogens is 1. The summed E-state index contributed by atoms with van der Waals surface area (Å²) in [7, 11) is 1.60. The number of aromatic nitrogens is 4. The number of ether oxygens (including phenoxy) is 1. The van der Waals surface area contributed by atoms with E-state index in [1.54, 1.807) is 29.0 Å². The fourth-order valence-electron chi connectivity index (χ4n) is 3.75. The van der Waals surface area contributed by atoms with Gasteiger partial charge in [0.05, 0.1) is 34.4 Å². The van der Waals surface area contributed by atoms with Crippen LogP contribution in [-0.2, 0) is 0 Å². The van der Waals surface area contributed by atoms with E-state index in [1.165, 1.54) is 6.07 Å². The summed E-state index contributed by atoms with van der Waals surface area (Å²) in [6.45, 7) is 3.88. The number of piperidine rings is 1. The molecule has 1 aromatic carbocycles. The predicted octanol–water partition coefficient (Wildman–Crippen LogP) is 3.93. The standard InChI is InChI=1S/C20H20FN5OS/c1-11-10-26-19(23-11)16(27-2)9-15(25-26)13-7-14(21)18-17(8-13)28-20(24-18)12-3-5-22-6-4-12/h7-10,12,22H,3-6H2,1-2H3. The highest BCUT2D eigenvalue weighted by Gasteiger charge is 2.21. The van der Waals surface area contributed by atoms with E-state index in [1.807, 2.05) is 19.2 Å². The van der Waals surface area contributed by atoms with Crippen molar-refractivity contribution in [3.8, 4) is 17.0 Å². The number of rotatable bonds is 3. The largest absolute Gasteiger partial charge is 0.493 e. The normalized spacial score (nSPS) is 15.5. The Morgan fingerprint density at radius 1 is 1.21 bits per heavy atom. The molecule has 1 saturated heterocycles. The fraction of sp³-hybridized carbons (Fsp3) is 0.350. The first kappa shape index (κ1) is 17.5. The highest BCUT2D eigenvalue weighted by atomic mass is 32.1. The number of hydrogen-bond donors (Lipinski definition) is 1. The number of aryl methyl sites for hydroxylation is 1. The molecule has 0 amide bonds. The Kier molecular flexibility index (Phi) is 4.25. The van der Waals surface area contributed by atoms with Gasteiger partial charge in [0, 0.05) is 17.5 Å². The van der Waals surface area contributed by atoms with Gasteiger partial charge < -0.3 is 10.1 Å². The van der Waals surface area contributed by atoms with Crippen LogP contribution in [0, 0.1) is 12.7 Å². The maximum Gasteiger partial charge on any atom is 0.196 e. The molecule has 4 aromatic rings. The third-order valence-electron chi connectivity index (χ3n) is 5.18. The van der Waals surface area contributed by atoms with E-state index in [0.717, 1.165) is 41.3 Å². The molecule has 0 saturated carbocycles. The van der Waals surface area contributed by atoms with Crippen molar-refractivity contribution in [2.24, 2.45) is 0 Å². The van der Waals surface area contributed by atoms with Crippen LogP contribution in [0.5, 0.6) is 5.75 Å². The summed E-state index contributed by atoms with van der Waals surface area (Å²) in [4.78, 5) is 9.04. The lowest BCUT2D eigenvalue weighted by Gasteiger charge is -2.20. The molecule has 1 aliphatic rings. The van der Waals surface area contributed by atoms with Gasteiger partial charge in [-0.05, 0) is 45.0 Å². The van der Waals surface area contributed by atoms with E-state index in [-0.39, 0.29) is 5.82 Å². The number of nitrogens with one attached hydrogen (secondary N) is 1. The second-order valence-electron chi connectivity index (χ2n) is 7.13. The van der Waals surface area contributed by atoms with E-state index in [0.29, 0.717) is 34.1 Å². The van der Waals surface area contributed by atoms with E-state index < -0.39 is 0 Å². The molecule has 3 aromatic heterocycles. The number of benzene rings is 1. The summed E-state index contributed by atoms with van der Waals surface area (Å²) in [5.41, 5.74) is 3.29. The van der Waals surface area contributed by atoms with E-state index in [4.69, 9.17) is 4.74 Å². The lowest BCUT2D eigenvalue weighted by molar-refractivity contribution is 0.416. The monoisotopic (exact) mass is 397 g/mol. The minimum atomic E-state index is -0.313. The SMILES string of the molecule is COc1cc(-c2cc(F)c3nc(C4CCNCC4)sc3c2)nn2cc(C)nc12. The average molecular weight is 397 g/mol. The van der Waals surface area contributed by atoms with Crippen LogP contribution in [-0.4, -0.2) is 39.8 Å². The van der Waals surface area contributed by atoms with Crippen molar-refractivity contribution in [3.63, 3.8) is 0 Å². The first-order valence-electron chi connectivity index (χ1n) is 9.34. The Morgan fingerprint density at radius 2 is 2.04 bits per heavy atom. The Balaban J connectivity index is 1.62. The zero-order valence-electron chi connectivity index (χ0n) is 15.7. The third-order valence-corrected chi connectivity index (χ3v) is 6.35. The lowest BCUT2D eigenvalue weighted by Crippen LogP contribution is -2.26. The zero-order chi connectivity index (χ0) is 19.3. The van der Waals surface area contributed by atoms with Crippen LogP contribution in [0.3, 0.4) is 0 Å². The Labute approximate surface area is 165 Å². The van der Waals surface area contributed by atoms with Crippen molar-refractivity contribution in [2.45, 2.75) is 25.7 Å². The molecular weight excluding hydrogens is 377 g/mol. The van der Waals surface area contributed by atoms with Crippen LogP contribution in [0.1, 0.15) is 29.5 Å². The molecule has 8 heteroatoms. The zero-order valence-corrected chi connectivity index (χ0v) is 16.5. The summed E-state index contributed by atoms with van der Waals surface area (Å²) >= 11 is 1.59. The van der Waals surface area contributed by atoms with Gasteiger partial charge in [-0.1, -0.05) is 0 Å². The summed E-state index contributed by atoms with van der Waals surface area (Å²) < 4.78 is 22.9. The molecule has 1 aliphatic heterocycles. The Morgan fingerprint density at radius 3 is 2.82 bits per heavy atom. The van der Waals surface area contributed by atoms with E-state index >= 15 is 0 Å². The topological polar surface area (TPSA) is 64.3 Å². The second kappa shape index (κ2) is 6.79. The summed E-state index contributed by atoms with van der Waals surface area (Å²) in [5.74, 6) is 0.704. The summed E-state index contributed by atoms with van der Waals surface area (Å²) in [6.07, 6.45) is 3.92. The van der Waals surface area contributed by atoms with Gasteiger partial charge in [0.15, 0.2) is 17.2 Å². The van der Waals surface area contributed by atoms with Crippen molar-refractivity contribution < 1.29 is 9.13 Å². The van der Waals surface area contributed by atoms with Crippen LogP contribution in [0.4, 0.5) is 4.39 Å². The van der Waals surface area contributed by atoms with Crippen molar-refractivity contribution in [3.05, 3.63) is 40.9 Å². The number of thiazole rings is 1. The van der Waals surface area contributed by atoms with Crippen LogP contribution in [0.25, 0.3) is 27.1 Å². The first-order chi connectivity index (χ1) is 13.6. The molecule has 4 heterocycles. The maximum atomic E-state index is 14.9. The number of hydrogen-bond acceptors (Lipinski definition) is 6. The summed E-state index contributed by atoms with van der Waals surface area (Å²) in [6, 6.07) is 5.28. The van der Waals surface area contributed by atoms with Crippen LogP contribution >= 0.6 is 11.3 Å². The third kappa shape index (κ3) is 2.93. The van der Waals surface area contributed by atoms with Crippen molar-refractivity contribution in [1.29, 1.82) is 0 Å². The maximum absolute atomic E-state index is 14.9. The molecule has 0 unspecified atom stereocenters. The molecule has 28 heavy (non-hydrogen) atoms. The molecule has 1 fully saturated rings. The molecular formula is C20H20FN5OS. The summed E-state index contributed by atoms with van der Waals surface area (Å²) in [5, 5.41) is 8.99. The molecule has 144 valence electrons. The Bertz CT molecular complexity index is 1180. The predicted molar refractivity (Wildman–Crippen MR) is 108 cm³/mol. The van der Waals surface area contributed by atoms with Crippen molar-refractivity contribution in [2.75, 3.05) is 20.2 Å².